The average molecular weight is 297 g/mol. The van der Waals surface area contributed by atoms with E-state index in [-0.39, 0.29) is 29.9 Å². The zero-order valence-electron chi connectivity index (χ0n) is 12.0. The van der Waals surface area contributed by atoms with Gasteiger partial charge < -0.3 is 16.4 Å². The van der Waals surface area contributed by atoms with Crippen LogP contribution >= 0.6 is 0 Å². The molecule has 112 valence electrons. The molecule has 1 aromatic heterocycles. The maximum Gasteiger partial charge on any atom is 0.270 e. The summed E-state index contributed by atoms with van der Waals surface area (Å²) in [5, 5.41) is 5.62. The molecule has 0 spiro atoms. The van der Waals surface area contributed by atoms with Crippen LogP contribution in [0.15, 0.2) is 30.3 Å². The fraction of sp³-hybridized carbons (Fsp3) is 0.200. The zero-order chi connectivity index (χ0) is 15.7. The van der Waals surface area contributed by atoms with Gasteiger partial charge in [-0.1, -0.05) is 18.2 Å². The smallest absolute Gasteiger partial charge is 0.270 e. The maximum atomic E-state index is 12.3. The quantitative estimate of drug-likeness (QED) is 0.771. The number of hydrogen-bond donors (Lipinski definition) is 3. The van der Waals surface area contributed by atoms with E-state index in [1.165, 1.54) is 0 Å². The molecule has 22 heavy (non-hydrogen) atoms. The number of hydrogen-bond acceptors (Lipinski definition) is 5. The highest BCUT2D eigenvalue weighted by atomic mass is 16.2. The molecule has 1 aliphatic heterocycles. The van der Waals surface area contributed by atoms with Gasteiger partial charge in [0.25, 0.3) is 5.91 Å². The van der Waals surface area contributed by atoms with Gasteiger partial charge in [-0.05, 0) is 24.6 Å². The van der Waals surface area contributed by atoms with E-state index in [4.69, 9.17) is 5.73 Å². The molecular weight excluding hydrogens is 282 g/mol. The van der Waals surface area contributed by atoms with Gasteiger partial charge in [0.05, 0.1) is 12.5 Å². The van der Waals surface area contributed by atoms with Gasteiger partial charge in [-0.3, -0.25) is 9.59 Å². The summed E-state index contributed by atoms with van der Waals surface area (Å²) in [6.45, 7) is 1.73. The van der Waals surface area contributed by atoms with Gasteiger partial charge in [-0.2, -0.15) is 0 Å². The maximum absolute atomic E-state index is 12.3. The number of nitrogens with two attached hydrogens (primary N) is 1. The lowest BCUT2D eigenvalue weighted by Crippen LogP contribution is -2.35. The molecule has 0 fully saturated rings. The van der Waals surface area contributed by atoms with Crippen LogP contribution in [0.4, 0.5) is 11.6 Å². The Morgan fingerprint density at radius 1 is 1.36 bits per heavy atom. The summed E-state index contributed by atoms with van der Waals surface area (Å²) in [6, 6.07) is 8.53. The van der Waals surface area contributed by atoms with Gasteiger partial charge in [-0.15, -0.1) is 0 Å². The van der Waals surface area contributed by atoms with E-state index < -0.39 is 6.04 Å². The minimum atomic E-state index is -0.394. The standard InChI is InChI=1S/C15H15N5O2/c1-8-6-12(20-15(16)17-8)14(22)19-11-7-13(21)18-10-5-3-2-4-9(10)11/h2-6,11H,7H2,1H3,(H,18,21)(H,19,22)(H2,16,17,20)/t11-/m1/s1. The van der Waals surface area contributed by atoms with E-state index in [0.29, 0.717) is 11.4 Å². The minimum Gasteiger partial charge on any atom is -0.368 e. The lowest BCUT2D eigenvalue weighted by Gasteiger charge is -2.26. The predicted molar refractivity (Wildman–Crippen MR) is 81.1 cm³/mol. The average Bonchev–Trinajstić information content (AvgIpc) is 2.46. The number of para-hydroxylation sites is 1. The Hall–Kier alpha value is -2.96. The molecular formula is C15H15N5O2. The fourth-order valence-electron chi connectivity index (χ4n) is 2.48. The topological polar surface area (TPSA) is 110 Å². The summed E-state index contributed by atoms with van der Waals surface area (Å²) in [5.74, 6) is -0.471. The van der Waals surface area contributed by atoms with Crippen LogP contribution in [0.2, 0.25) is 0 Å². The SMILES string of the molecule is Cc1cc(C(=O)N[C@@H]2CC(=O)Nc3ccccc32)nc(N)n1. The van der Waals surface area contributed by atoms with Crippen molar-refractivity contribution in [2.45, 2.75) is 19.4 Å². The Labute approximate surface area is 127 Å². The highest BCUT2D eigenvalue weighted by Crippen LogP contribution is 2.30. The van der Waals surface area contributed by atoms with Crippen LogP contribution in [0, 0.1) is 6.92 Å². The van der Waals surface area contributed by atoms with E-state index >= 15 is 0 Å². The Morgan fingerprint density at radius 3 is 2.91 bits per heavy atom. The van der Waals surface area contributed by atoms with Crippen LogP contribution in [0.25, 0.3) is 0 Å². The van der Waals surface area contributed by atoms with Crippen LogP contribution in [0.1, 0.15) is 34.2 Å². The first-order valence-electron chi connectivity index (χ1n) is 6.84. The summed E-state index contributed by atoms with van der Waals surface area (Å²) in [4.78, 5) is 32.0. The molecule has 2 heterocycles. The second-order valence-corrected chi connectivity index (χ2v) is 5.12. The Morgan fingerprint density at radius 2 is 2.14 bits per heavy atom. The van der Waals surface area contributed by atoms with Crippen molar-refractivity contribution in [3.63, 3.8) is 0 Å². The molecule has 3 rings (SSSR count). The third kappa shape index (κ3) is 2.73. The number of carbonyl (C=O) groups is 2. The normalized spacial score (nSPS) is 16.6. The molecule has 1 aromatic carbocycles. The molecule has 1 atom stereocenters. The van der Waals surface area contributed by atoms with Crippen molar-refractivity contribution in [3.05, 3.63) is 47.3 Å². The van der Waals surface area contributed by atoms with Gasteiger partial charge >= 0.3 is 0 Å². The third-order valence-electron chi connectivity index (χ3n) is 3.41. The number of anilines is 2. The molecule has 0 unspecified atom stereocenters. The van der Waals surface area contributed by atoms with E-state index in [0.717, 1.165) is 5.56 Å². The van der Waals surface area contributed by atoms with Crippen molar-refractivity contribution in [1.82, 2.24) is 15.3 Å². The lowest BCUT2D eigenvalue weighted by atomic mass is 9.97. The van der Waals surface area contributed by atoms with Crippen LogP contribution in [0.3, 0.4) is 0 Å². The molecule has 2 amide bonds. The van der Waals surface area contributed by atoms with E-state index in [1.54, 1.807) is 19.1 Å². The number of carbonyl (C=O) groups excluding carboxylic acids is 2. The summed E-state index contributed by atoms with van der Waals surface area (Å²) >= 11 is 0. The number of aryl methyl sites for hydroxylation is 1. The third-order valence-corrected chi connectivity index (χ3v) is 3.41. The molecule has 0 saturated heterocycles. The van der Waals surface area contributed by atoms with Crippen LogP contribution < -0.4 is 16.4 Å². The molecule has 7 nitrogen and oxygen atoms in total. The van der Waals surface area contributed by atoms with Gasteiger partial charge in [-0.25, -0.2) is 9.97 Å². The van der Waals surface area contributed by atoms with Crippen molar-refractivity contribution >= 4 is 23.5 Å². The lowest BCUT2D eigenvalue weighted by molar-refractivity contribution is -0.116. The summed E-state index contributed by atoms with van der Waals surface area (Å²) in [7, 11) is 0. The summed E-state index contributed by atoms with van der Waals surface area (Å²) in [6.07, 6.45) is 0.183. The molecule has 0 radical (unpaired) electrons. The molecule has 2 aromatic rings. The van der Waals surface area contributed by atoms with Crippen molar-refractivity contribution in [3.8, 4) is 0 Å². The van der Waals surface area contributed by atoms with Crippen molar-refractivity contribution in [2.75, 3.05) is 11.1 Å². The van der Waals surface area contributed by atoms with Crippen molar-refractivity contribution in [2.24, 2.45) is 0 Å². The van der Waals surface area contributed by atoms with Gasteiger partial charge in [0.2, 0.25) is 11.9 Å². The van der Waals surface area contributed by atoms with Gasteiger partial charge in [0.15, 0.2) is 0 Å². The Kier molecular flexibility index (Phi) is 3.46. The first kappa shape index (κ1) is 14.0. The highest BCUT2D eigenvalue weighted by molar-refractivity contribution is 5.97. The number of nitrogens with one attached hydrogen (secondary N) is 2. The van der Waals surface area contributed by atoms with Crippen molar-refractivity contribution < 1.29 is 9.59 Å². The monoisotopic (exact) mass is 297 g/mol. The number of amides is 2. The van der Waals surface area contributed by atoms with Crippen LogP contribution in [-0.2, 0) is 4.79 Å². The Balaban J connectivity index is 1.86. The Bertz CT molecular complexity index is 739. The zero-order valence-corrected chi connectivity index (χ0v) is 12.0. The number of nitrogen functional groups attached to an aromatic ring is 1. The largest absolute Gasteiger partial charge is 0.368 e. The summed E-state index contributed by atoms with van der Waals surface area (Å²) < 4.78 is 0. The summed E-state index contributed by atoms with van der Waals surface area (Å²) in [5.41, 5.74) is 7.94. The number of nitrogens with zero attached hydrogens (tertiary/aromatic N) is 2. The molecule has 0 bridgehead atoms. The predicted octanol–water partition coefficient (Wildman–Crippen LogP) is 1.18. The molecule has 1 aliphatic rings. The van der Waals surface area contributed by atoms with Gasteiger partial charge in [0.1, 0.15) is 5.69 Å². The second kappa shape index (κ2) is 5.44. The number of benzene rings is 1. The van der Waals surface area contributed by atoms with Crippen LogP contribution in [-0.4, -0.2) is 21.8 Å². The number of aromatic nitrogens is 2. The van der Waals surface area contributed by atoms with E-state index in [2.05, 4.69) is 20.6 Å². The fourth-order valence-corrected chi connectivity index (χ4v) is 2.48. The van der Waals surface area contributed by atoms with Gasteiger partial charge in [0, 0.05) is 11.4 Å². The molecule has 4 N–H and O–H groups in total. The van der Waals surface area contributed by atoms with Crippen LogP contribution in [0.5, 0.6) is 0 Å². The van der Waals surface area contributed by atoms with Crippen molar-refractivity contribution in [1.29, 1.82) is 0 Å². The first-order chi connectivity index (χ1) is 10.5. The van der Waals surface area contributed by atoms with E-state index in [1.807, 2.05) is 18.2 Å². The minimum absolute atomic E-state index is 0.0481. The number of fused-ring (bicyclic) bond motifs is 1. The molecule has 7 heteroatoms. The van der Waals surface area contributed by atoms with E-state index in [9.17, 15) is 9.59 Å². The second-order valence-electron chi connectivity index (χ2n) is 5.12. The molecule has 0 saturated carbocycles. The highest BCUT2D eigenvalue weighted by Gasteiger charge is 2.26. The number of rotatable bonds is 2. The first-order valence-corrected chi connectivity index (χ1v) is 6.84. The molecule has 0 aliphatic carbocycles.